The van der Waals surface area contributed by atoms with Crippen molar-refractivity contribution in [2.24, 2.45) is 0 Å². The first-order chi connectivity index (χ1) is 11.5. The fourth-order valence-corrected chi connectivity index (χ4v) is 3.77. The summed E-state index contributed by atoms with van der Waals surface area (Å²) < 4.78 is 1.16. The molecule has 1 heteroatoms. The normalized spacial score (nSPS) is 13.4. The highest BCUT2D eigenvalue weighted by Gasteiger charge is 2.22. The van der Waals surface area contributed by atoms with E-state index in [1.54, 1.807) is 0 Å². The predicted octanol–water partition coefficient (Wildman–Crippen LogP) is 7.73. The van der Waals surface area contributed by atoms with Gasteiger partial charge >= 0.3 is 0 Å². The van der Waals surface area contributed by atoms with Crippen LogP contribution in [0.1, 0.15) is 123 Å². The molecule has 1 atom stereocenters. The average molecular weight is 341 g/mol. The summed E-state index contributed by atoms with van der Waals surface area (Å²) in [6, 6.07) is 0.876. The Kier molecular flexibility index (Phi) is 16.4. The van der Waals surface area contributed by atoms with Crippen LogP contribution in [-0.4, -0.2) is 31.7 Å². The standard InChI is InChI=1S/C23H50N/c1-6-8-10-12-14-15-16-18-20-22-23(24(3,4)5)21-19-17-13-11-9-7-2/h23H,6-22H2,1-5H3/q+1. The fourth-order valence-electron chi connectivity index (χ4n) is 3.77. The van der Waals surface area contributed by atoms with Crippen LogP contribution in [-0.2, 0) is 0 Å². The largest absolute Gasteiger partial charge is 0.328 e. The molecule has 0 aliphatic carbocycles. The molecule has 0 radical (unpaired) electrons. The van der Waals surface area contributed by atoms with Gasteiger partial charge in [0.1, 0.15) is 0 Å². The summed E-state index contributed by atoms with van der Waals surface area (Å²) in [5.74, 6) is 0. The maximum absolute atomic E-state index is 2.40. The van der Waals surface area contributed by atoms with Gasteiger partial charge in [0.05, 0.1) is 27.2 Å². The topological polar surface area (TPSA) is 0 Å². The predicted molar refractivity (Wildman–Crippen MR) is 112 cm³/mol. The maximum atomic E-state index is 2.40. The molecular formula is C23H50N+. The molecule has 146 valence electrons. The van der Waals surface area contributed by atoms with Gasteiger partial charge in [-0.15, -0.1) is 0 Å². The van der Waals surface area contributed by atoms with E-state index in [2.05, 4.69) is 35.0 Å². The van der Waals surface area contributed by atoms with E-state index in [-0.39, 0.29) is 0 Å². The Hall–Kier alpha value is -0.0400. The van der Waals surface area contributed by atoms with Gasteiger partial charge < -0.3 is 4.48 Å². The first-order valence-electron chi connectivity index (χ1n) is 11.3. The van der Waals surface area contributed by atoms with Crippen LogP contribution < -0.4 is 0 Å². The summed E-state index contributed by atoms with van der Waals surface area (Å²) in [5.41, 5.74) is 0. The summed E-state index contributed by atoms with van der Waals surface area (Å²) in [7, 11) is 7.19. The van der Waals surface area contributed by atoms with Crippen molar-refractivity contribution in [2.45, 2.75) is 129 Å². The van der Waals surface area contributed by atoms with E-state index in [0.717, 1.165) is 10.5 Å². The van der Waals surface area contributed by atoms with E-state index in [1.165, 1.54) is 109 Å². The number of hydrogen-bond donors (Lipinski definition) is 0. The minimum atomic E-state index is 0.876. The van der Waals surface area contributed by atoms with Crippen LogP contribution in [0.2, 0.25) is 0 Å². The first kappa shape index (κ1) is 24.0. The molecule has 1 unspecified atom stereocenters. The molecule has 0 aromatic carbocycles. The van der Waals surface area contributed by atoms with Crippen LogP contribution in [0.25, 0.3) is 0 Å². The highest BCUT2D eigenvalue weighted by Crippen LogP contribution is 2.20. The van der Waals surface area contributed by atoms with E-state index < -0.39 is 0 Å². The molecule has 0 fully saturated rings. The highest BCUT2D eigenvalue weighted by molar-refractivity contribution is 4.60. The van der Waals surface area contributed by atoms with Crippen LogP contribution in [0.4, 0.5) is 0 Å². The summed E-state index contributed by atoms with van der Waals surface area (Å²) in [6.07, 6.45) is 24.5. The summed E-state index contributed by atoms with van der Waals surface area (Å²) in [5, 5.41) is 0. The lowest BCUT2D eigenvalue weighted by Crippen LogP contribution is -2.45. The molecule has 0 amide bonds. The van der Waals surface area contributed by atoms with Gasteiger partial charge in [0, 0.05) is 0 Å². The van der Waals surface area contributed by atoms with Crippen molar-refractivity contribution in [1.29, 1.82) is 0 Å². The van der Waals surface area contributed by atoms with Crippen LogP contribution >= 0.6 is 0 Å². The highest BCUT2D eigenvalue weighted by atomic mass is 15.3. The molecule has 0 saturated heterocycles. The number of quaternary nitrogens is 1. The minimum Gasteiger partial charge on any atom is -0.328 e. The van der Waals surface area contributed by atoms with E-state index in [9.17, 15) is 0 Å². The van der Waals surface area contributed by atoms with Gasteiger partial charge in [-0.3, -0.25) is 0 Å². The quantitative estimate of drug-likeness (QED) is 0.177. The molecule has 0 aromatic rings. The molecule has 24 heavy (non-hydrogen) atoms. The third-order valence-corrected chi connectivity index (χ3v) is 5.63. The van der Waals surface area contributed by atoms with Gasteiger partial charge in [-0.05, 0) is 25.7 Å². The lowest BCUT2D eigenvalue weighted by Gasteiger charge is -2.34. The zero-order chi connectivity index (χ0) is 18.1. The second-order valence-corrected chi connectivity index (χ2v) is 8.94. The summed E-state index contributed by atoms with van der Waals surface area (Å²) in [4.78, 5) is 0. The Morgan fingerprint density at radius 3 is 1.04 bits per heavy atom. The Morgan fingerprint density at radius 1 is 0.458 bits per heavy atom. The molecule has 0 heterocycles. The molecule has 0 aromatic heterocycles. The number of nitrogens with zero attached hydrogens (tertiary/aromatic N) is 1. The summed E-state index contributed by atoms with van der Waals surface area (Å²) >= 11 is 0. The van der Waals surface area contributed by atoms with Gasteiger partial charge in [-0.25, -0.2) is 0 Å². The van der Waals surface area contributed by atoms with Gasteiger partial charge in [0.25, 0.3) is 0 Å². The minimum absolute atomic E-state index is 0.876. The van der Waals surface area contributed by atoms with E-state index >= 15 is 0 Å². The molecule has 0 saturated carbocycles. The SMILES string of the molecule is CCCCCCCCCCCC(CCCCCCCC)[N+](C)(C)C. The molecular weight excluding hydrogens is 290 g/mol. The Bertz CT molecular complexity index is 241. The second-order valence-electron chi connectivity index (χ2n) is 8.94. The number of hydrogen-bond acceptors (Lipinski definition) is 0. The van der Waals surface area contributed by atoms with Gasteiger partial charge in [-0.2, -0.15) is 0 Å². The zero-order valence-corrected chi connectivity index (χ0v) is 18.0. The van der Waals surface area contributed by atoms with E-state index in [1.807, 2.05) is 0 Å². The fraction of sp³-hybridized carbons (Fsp3) is 1.00. The molecule has 0 rings (SSSR count). The molecule has 0 bridgehead atoms. The van der Waals surface area contributed by atoms with E-state index in [0.29, 0.717) is 0 Å². The number of unbranched alkanes of at least 4 members (excludes halogenated alkanes) is 13. The van der Waals surface area contributed by atoms with Crippen LogP contribution in [0, 0.1) is 0 Å². The van der Waals surface area contributed by atoms with Gasteiger partial charge in [0.15, 0.2) is 0 Å². The van der Waals surface area contributed by atoms with Crippen molar-refractivity contribution in [3.8, 4) is 0 Å². The Balaban J connectivity index is 3.66. The summed E-state index contributed by atoms with van der Waals surface area (Å²) in [6.45, 7) is 4.60. The van der Waals surface area contributed by atoms with E-state index in [4.69, 9.17) is 0 Å². The lowest BCUT2D eigenvalue weighted by molar-refractivity contribution is -0.896. The first-order valence-corrected chi connectivity index (χ1v) is 11.3. The third kappa shape index (κ3) is 15.5. The van der Waals surface area contributed by atoms with Crippen LogP contribution in [0.3, 0.4) is 0 Å². The van der Waals surface area contributed by atoms with Crippen molar-refractivity contribution in [3.05, 3.63) is 0 Å². The smallest absolute Gasteiger partial charge is 0.0884 e. The monoisotopic (exact) mass is 340 g/mol. The van der Waals surface area contributed by atoms with Gasteiger partial charge in [0.2, 0.25) is 0 Å². The van der Waals surface area contributed by atoms with Crippen LogP contribution in [0.5, 0.6) is 0 Å². The van der Waals surface area contributed by atoms with Crippen LogP contribution in [0.15, 0.2) is 0 Å². The Morgan fingerprint density at radius 2 is 0.750 bits per heavy atom. The maximum Gasteiger partial charge on any atom is 0.0884 e. The van der Waals surface area contributed by atoms with Crippen molar-refractivity contribution >= 4 is 0 Å². The molecule has 0 aliphatic rings. The molecule has 1 nitrogen and oxygen atoms in total. The third-order valence-electron chi connectivity index (χ3n) is 5.63. The molecule has 0 aliphatic heterocycles. The molecule has 0 spiro atoms. The van der Waals surface area contributed by atoms with Crippen molar-refractivity contribution in [2.75, 3.05) is 21.1 Å². The van der Waals surface area contributed by atoms with Crippen molar-refractivity contribution < 1.29 is 4.48 Å². The van der Waals surface area contributed by atoms with Crippen molar-refractivity contribution in [3.63, 3.8) is 0 Å². The Labute approximate surface area is 155 Å². The zero-order valence-electron chi connectivity index (χ0n) is 18.0. The average Bonchev–Trinajstić information content (AvgIpc) is 2.53. The van der Waals surface area contributed by atoms with Gasteiger partial charge in [-0.1, -0.05) is 97.3 Å². The molecule has 0 N–H and O–H groups in total. The number of rotatable bonds is 18. The second kappa shape index (κ2) is 16.4. The van der Waals surface area contributed by atoms with Crippen molar-refractivity contribution in [1.82, 2.24) is 0 Å². The lowest BCUT2D eigenvalue weighted by atomic mass is 9.98.